The highest BCUT2D eigenvalue weighted by Crippen LogP contribution is 2.34. The zero-order valence-corrected chi connectivity index (χ0v) is 21.2. The van der Waals surface area contributed by atoms with Gasteiger partial charge in [-0.05, 0) is 44.4 Å². The minimum atomic E-state index is -0.638. The lowest BCUT2D eigenvalue weighted by molar-refractivity contribution is -0.143. The Morgan fingerprint density at radius 1 is 1.06 bits per heavy atom. The molecule has 0 radical (unpaired) electrons. The summed E-state index contributed by atoms with van der Waals surface area (Å²) >= 11 is 6.51. The Labute approximate surface area is 203 Å². The van der Waals surface area contributed by atoms with Gasteiger partial charge in [0.25, 0.3) is 0 Å². The molecule has 0 bridgehead atoms. The lowest BCUT2D eigenvalue weighted by atomic mass is 9.93. The Morgan fingerprint density at radius 3 is 2.39 bits per heavy atom. The van der Waals surface area contributed by atoms with E-state index in [-0.39, 0.29) is 12.1 Å². The second-order valence-electron chi connectivity index (χ2n) is 8.79. The number of allylic oxidation sites excluding steroid dienone is 1. The van der Waals surface area contributed by atoms with Crippen molar-refractivity contribution in [2.24, 2.45) is 0 Å². The highest BCUT2D eigenvalue weighted by Gasteiger charge is 2.34. The molecule has 33 heavy (non-hydrogen) atoms. The molecule has 0 spiro atoms. The van der Waals surface area contributed by atoms with Crippen molar-refractivity contribution >= 4 is 23.6 Å². The van der Waals surface area contributed by atoms with E-state index in [1.807, 2.05) is 13.0 Å². The molecule has 2 amide bonds. The Morgan fingerprint density at radius 2 is 1.76 bits per heavy atom. The maximum Gasteiger partial charge on any atom is 0.338 e. The van der Waals surface area contributed by atoms with E-state index in [1.165, 1.54) is 32.1 Å². The fourth-order valence-electron chi connectivity index (χ4n) is 3.89. The normalized spacial score (nSPS) is 15.9. The molecule has 1 aromatic rings. The van der Waals surface area contributed by atoms with Crippen LogP contribution in [0.2, 0.25) is 5.02 Å². The maximum absolute atomic E-state index is 12.9. The largest absolute Gasteiger partial charge is 0.492 e. The number of ether oxygens (including phenoxy) is 2. The Balaban J connectivity index is 2.09. The third-order valence-electron chi connectivity index (χ3n) is 5.51. The molecule has 1 aliphatic rings. The minimum Gasteiger partial charge on any atom is -0.492 e. The van der Waals surface area contributed by atoms with Gasteiger partial charge in [-0.25, -0.2) is 9.59 Å². The van der Waals surface area contributed by atoms with Crippen LogP contribution in [0.5, 0.6) is 5.75 Å². The Kier molecular flexibility index (Phi) is 11.6. The van der Waals surface area contributed by atoms with Crippen molar-refractivity contribution in [3.63, 3.8) is 0 Å². The molecule has 0 saturated carbocycles. The van der Waals surface area contributed by atoms with E-state index in [9.17, 15) is 9.59 Å². The summed E-state index contributed by atoms with van der Waals surface area (Å²) in [6.07, 6.45) is 9.60. The molecule has 6 nitrogen and oxygen atoms in total. The van der Waals surface area contributed by atoms with Gasteiger partial charge in [-0.3, -0.25) is 0 Å². The lowest BCUT2D eigenvalue weighted by Crippen LogP contribution is -2.46. The van der Waals surface area contributed by atoms with Crippen LogP contribution in [0.1, 0.15) is 97.1 Å². The number of benzene rings is 1. The smallest absolute Gasteiger partial charge is 0.338 e. The van der Waals surface area contributed by atoms with E-state index < -0.39 is 12.0 Å². The van der Waals surface area contributed by atoms with Gasteiger partial charge in [-0.2, -0.15) is 0 Å². The molecule has 1 aliphatic heterocycles. The second kappa shape index (κ2) is 14.1. The third kappa shape index (κ3) is 8.58. The summed E-state index contributed by atoms with van der Waals surface area (Å²) < 4.78 is 11.3. The zero-order valence-electron chi connectivity index (χ0n) is 20.5. The first-order chi connectivity index (χ1) is 15.9. The second-order valence-corrected chi connectivity index (χ2v) is 9.19. The number of carbonyl (C=O) groups is 2. The van der Waals surface area contributed by atoms with Crippen molar-refractivity contribution in [2.75, 3.05) is 6.61 Å². The summed E-state index contributed by atoms with van der Waals surface area (Å²) in [7, 11) is 0. The van der Waals surface area contributed by atoms with Gasteiger partial charge in [0, 0.05) is 5.70 Å². The van der Waals surface area contributed by atoms with Crippen LogP contribution in [-0.4, -0.2) is 24.7 Å². The molecular formula is C26H39ClN2O4. The van der Waals surface area contributed by atoms with Crippen LogP contribution in [0.15, 0.2) is 29.5 Å². The van der Waals surface area contributed by atoms with Crippen molar-refractivity contribution in [1.29, 1.82) is 0 Å². The molecule has 0 aromatic heterocycles. The van der Waals surface area contributed by atoms with Crippen LogP contribution in [0.3, 0.4) is 0 Å². The number of unbranched alkanes of at least 4 members (excludes halogenated alkanes) is 6. The van der Waals surface area contributed by atoms with Crippen LogP contribution in [-0.2, 0) is 9.53 Å². The van der Waals surface area contributed by atoms with Crippen molar-refractivity contribution in [2.45, 2.75) is 97.6 Å². The number of nitrogens with one attached hydrogen (secondary N) is 2. The van der Waals surface area contributed by atoms with Crippen molar-refractivity contribution in [1.82, 2.24) is 10.6 Å². The average Bonchev–Trinajstić information content (AvgIpc) is 2.75. The number of amides is 2. The fourth-order valence-corrected chi connectivity index (χ4v) is 4.13. The number of hydrogen-bond donors (Lipinski definition) is 2. The van der Waals surface area contributed by atoms with Gasteiger partial charge in [0.05, 0.1) is 29.3 Å². The first-order valence-corrected chi connectivity index (χ1v) is 12.7. The first-order valence-electron chi connectivity index (χ1n) is 12.3. The molecule has 0 aliphatic carbocycles. The first kappa shape index (κ1) is 27.0. The highest BCUT2D eigenvalue weighted by atomic mass is 35.5. The summed E-state index contributed by atoms with van der Waals surface area (Å²) in [5.41, 5.74) is 1.72. The molecule has 184 valence electrons. The molecular weight excluding hydrogens is 440 g/mol. The number of halogens is 1. The summed E-state index contributed by atoms with van der Waals surface area (Å²) in [4.78, 5) is 25.2. The summed E-state index contributed by atoms with van der Waals surface area (Å²) in [5, 5.41) is 6.07. The number of carbonyl (C=O) groups excluding carboxylic acids is 2. The molecule has 1 aromatic carbocycles. The monoisotopic (exact) mass is 478 g/mol. The molecule has 1 atom stereocenters. The fraction of sp³-hybridized carbons (Fsp3) is 0.615. The molecule has 2 rings (SSSR count). The number of hydrogen-bond acceptors (Lipinski definition) is 4. The van der Waals surface area contributed by atoms with E-state index in [4.69, 9.17) is 21.1 Å². The van der Waals surface area contributed by atoms with Crippen molar-refractivity contribution < 1.29 is 19.1 Å². The molecule has 1 unspecified atom stereocenters. The van der Waals surface area contributed by atoms with Gasteiger partial charge in [0.2, 0.25) is 0 Å². The third-order valence-corrected chi connectivity index (χ3v) is 5.81. The Hall–Kier alpha value is -2.21. The van der Waals surface area contributed by atoms with E-state index in [2.05, 4.69) is 17.6 Å². The molecule has 2 N–H and O–H groups in total. The van der Waals surface area contributed by atoms with Crippen LogP contribution >= 0.6 is 11.6 Å². The molecule has 7 heteroatoms. The lowest BCUT2D eigenvalue weighted by Gasteiger charge is -2.30. The summed E-state index contributed by atoms with van der Waals surface area (Å²) in [5.74, 6) is 0.164. The van der Waals surface area contributed by atoms with Gasteiger partial charge in [0.1, 0.15) is 5.75 Å². The quantitative estimate of drug-likeness (QED) is 0.227. The van der Waals surface area contributed by atoms with E-state index in [0.717, 1.165) is 19.3 Å². The van der Waals surface area contributed by atoms with Crippen molar-refractivity contribution in [3.8, 4) is 5.75 Å². The predicted octanol–water partition coefficient (Wildman–Crippen LogP) is 6.83. The Bertz CT molecular complexity index is 823. The predicted molar refractivity (Wildman–Crippen MR) is 133 cm³/mol. The SMILES string of the molecule is CCCCCCCCCOc1ccc(C2NC(=O)NC(CCC)=C2C(=O)OC(C)C)cc1Cl. The van der Waals surface area contributed by atoms with E-state index in [0.29, 0.717) is 40.6 Å². The van der Waals surface area contributed by atoms with Crippen LogP contribution in [0.4, 0.5) is 4.79 Å². The van der Waals surface area contributed by atoms with Crippen LogP contribution in [0.25, 0.3) is 0 Å². The van der Waals surface area contributed by atoms with E-state index >= 15 is 0 Å². The number of esters is 1. The summed E-state index contributed by atoms with van der Waals surface area (Å²) in [6.45, 7) is 8.44. The average molecular weight is 479 g/mol. The van der Waals surface area contributed by atoms with Gasteiger partial charge < -0.3 is 20.1 Å². The number of rotatable bonds is 14. The van der Waals surface area contributed by atoms with Crippen LogP contribution in [0, 0.1) is 0 Å². The highest BCUT2D eigenvalue weighted by molar-refractivity contribution is 6.32. The van der Waals surface area contributed by atoms with Gasteiger partial charge in [-0.1, -0.05) is 76.5 Å². The number of urea groups is 1. The minimum absolute atomic E-state index is 0.267. The zero-order chi connectivity index (χ0) is 24.2. The van der Waals surface area contributed by atoms with Gasteiger partial charge in [0.15, 0.2) is 0 Å². The molecule has 0 fully saturated rings. The standard InChI is InChI=1S/C26H39ClN2O4/c1-5-7-8-9-10-11-12-16-32-22-15-14-19(17-20(22)27)24-23(25(30)33-18(3)4)21(13-6-2)28-26(31)29-24/h14-15,17-18,24H,5-13,16H2,1-4H3,(H2,28,29,31). The van der Waals surface area contributed by atoms with Gasteiger partial charge >= 0.3 is 12.0 Å². The van der Waals surface area contributed by atoms with Crippen molar-refractivity contribution in [3.05, 3.63) is 40.1 Å². The topological polar surface area (TPSA) is 76.7 Å². The molecule has 0 saturated heterocycles. The van der Waals surface area contributed by atoms with Crippen LogP contribution < -0.4 is 15.4 Å². The maximum atomic E-state index is 12.9. The van der Waals surface area contributed by atoms with E-state index in [1.54, 1.807) is 26.0 Å². The van der Waals surface area contributed by atoms with Gasteiger partial charge in [-0.15, -0.1) is 0 Å². The molecule has 1 heterocycles. The summed E-state index contributed by atoms with van der Waals surface area (Å²) in [6, 6.07) is 4.41.